The van der Waals surface area contributed by atoms with Crippen molar-refractivity contribution in [3.63, 3.8) is 0 Å². The van der Waals surface area contributed by atoms with E-state index in [1.165, 1.54) is 0 Å². The van der Waals surface area contributed by atoms with Gasteiger partial charge in [0.25, 0.3) is 5.91 Å². The van der Waals surface area contributed by atoms with Gasteiger partial charge in [-0.15, -0.1) is 0 Å². The summed E-state index contributed by atoms with van der Waals surface area (Å²) < 4.78 is 0. The van der Waals surface area contributed by atoms with Gasteiger partial charge in [0.2, 0.25) is 0 Å². The SMILES string of the molecule is O=C(N[C@@H](CC1=CCC=CC1)C(=O)O)c1ccccc1. The number of aliphatic carboxylic acids is 1. The molecule has 1 amide bonds. The molecule has 0 radical (unpaired) electrons. The molecule has 0 saturated heterocycles. The molecule has 4 heteroatoms. The minimum absolute atomic E-state index is 0.345. The van der Waals surface area contributed by atoms with Crippen molar-refractivity contribution in [1.29, 1.82) is 0 Å². The van der Waals surface area contributed by atoms with Gasteiger partial charge in [-0.05, 0) is 31.4 Å². The molecule has 0 spiro atoms. The Labute approximate surface area is 117 Å². The molecule has 1 atom stereocenters. The maximum absolute atomic E-state index is 12.0. The van der Waals surface area contributed by atoms with E-state index in [4.69, 9.17) is 0 Å². The first kappa shape index (κ1) is 14.1. The Kier molecular flexibility index (Phi) is 4.71. The first-order valence-corrected chi connectivity index (χ1v) is 6.58. The number of nitrogens with one attached hydrogen (secondary N) is 1. The molecule has 0 saturated carbocycles. The molecule has 4 nitrogen and oxygen atoms in total. The number of hydrogen-bond donors (Lipinski definition) is 2. The first-order valence-electron chi connectivity index (χ1n) is 6.58. The third kappa shape index (κ3) is 3.82. The number of hydrogen-bond acceptors (Lipinski definition) is 2. The summed E-state index contributed by atoms with van der Waals surface area (Å²) in [5.74, 6) is -1.37. The summed E-state index contributed by atoms with van der Waals surface area (Å²) in [5.41, 5.74) is 1.52. The molecule has 2 rings (SSSR count). The third-order valence-corrected chi connectivity index (χ3v) is 3.20. The van der Waals surface area contributed by atoms with Gasteiger partial charge in [0.05, 0.1) is 0 Å². The molecule has 0 unspecified atom stereocenters. The molecule has 1 aromatic carbocycles. The van der Waals surface area contributed by atoms with Crippen LogP contribution in [-0.2, 0) is 4.79 Å². The Hall–Kier alpha value is -2.36. The number of rotatable bonds is 5. The summed E-state index contributed by atoms with van der Waals surface area (Å²) in [4.78, 5) is 23.3. The quantitative estimate of drug-likeness (QED) is 0.809. The lowest BCUT2D eigenvalue weighted by Crippen LogP contribution is -2.41. The summed E-state index contributed by atoms with van der Waals surface area (Å²) in [6.07, 6.45) is 8.01. The van der Waals surface area contributed by atoms with Crippen molar-refractivity contribution in [3.05, 3.63) is 59.7 Å². The molecular formula is C16H17NO3. The number of benzene rings is 1. The Bertz CT molecular complexity index is 546. The van der Waals surface area contributed by atoms with Gasteiger partial charge in [-0.3, -0.25) is 4.79 Å². The average Bonchev–Trinajstić information content (AvgIpc) is 2.48. The van der Waals surface area contributed by atoms with Crippen molar-refractivity contribution in [1.82, 2.24) is 5.32 Å². The van der Waals surface area contributed by atoms with Gasteiger partial charge in [0.15, 0.2) is 0 Å². The molecule has 0 aliphatic heterocycles. The highest BCUT2D eigenvalue weighted by molar-refractivity contribution is 5.96. The van der Waals surface area contributed by atoms with Crippen LogP contribution in [-0.4, -0.2) is 23.0 Å². The van der Waals surface area contributed by atoms with Crippen molar-refractivity contribution >= 4 is 11.9 Å². The monoisotopic (exact) mass is 271 g/mol. The van der Waals surface area contributed by atoms with Crippen LogP contribution in [0.5, 0.6) is 0 Å². The zero-order valence-electron chi connectivity index (χ0n) is 11.1. The maximum Gasteiger partial charge on any atom is 0.326 e. The maximum atomic E-state index is 12.0. The van der Waals surface area contributed by atoms with Crippen LogP contribution in [0.3, 0.4) is 0 Å². The van der Waals surface area contributed by atoms with Crippen molar-refractivity contribution in [3.8, 4) is 0 Å². The highest BCUT2D eigenvalue weighted by atomic mass is 16.4. The van der Waals surface area contributed by atoms with Gasteiger partial charge >= 0.3 is 5.97 Å². The van der Waals surface area contributed by atoms with Crippen LogP contribution in [0.1, 0.15) is 29.6 Å². The molecule has 2 N–H and O–H groups in total. The fourth-order valence-electron chi connectivity index (χ4n) is 2.11. The predicted molar refractivity (Wildman–Crippen MR) is 76.4 cm³/mol. The van der Waals surface area contributed by atoms with Crippen LogP contribution in [0.15, 0.2) is 54.1 Å². The van der Waals surface area contributed by atoms with Crippen LogP contribution < -0.4 is 5.32 Å². The Morgan fingerprint density at radius 2 is 1.95 bits per heavy atom. The van der Waals surface area contributed by atoms with Crippen LogP contribution in [0.4, 0.5) is 0 Å². The predicted octanol–water partition coefficient (Wildman–Crippen LogP) is 2.54. The van der Waals surface area contributed by atoms with Crippen LogP contribution in [0.25, 0.3) is 0 Å². The second-order valence-electron chi connectivity index (χ2n) is 4.71. The number of allylic oxidation sites excluding steroid dienone is 3. The molecular weight excluding hydrogens is 254 g/mol. The lowest BCUT2D eigenvalue weighted by molar-refractivity contribution is -0.139. The van der Waals surface area contributed by atoms with Crippen molar-refractivity contribution in [2.75, 3.05) is 0 Å². The second kappa shape index (κ2) is 6.70. The molecule has 0 heterocycles. The van der Waals surface area contributed by atoms with Crippen molar-refractivity contribution < 1.29 is 14.7 Å². The van der Waals surface area contributed by atoms with Crippen molar-refractivity contribution in [2.45, 2.75) is 25.3 Å². The summed E-state index contributed by atoms with van der Waals surface area (Å²) in [7, 11) is 0. The number of amides is 1. The summed E-state index contributed by atoms with van der Waals surface area (Å²) in [6, 6.07) is 7.75. The zero-order chi connectivity index (χ0) is 14.4. The molecule has 0 bridgehead atoms. The van der Waals surface area contributed by atoms with E-state index in [0.29, 0.717) is 12.0 Å². The smallest absolute Gasteiger partial charge is 0.326 e. The van der Waals surface area contributed by atoms with Gasteiger partial charge in [0, 0.05) is 5.56 Å². The van der Waals surface area contributed by atoms with E-state index in [9.17, 15) is 14.7 Å². The number of carbonyl (C=O) groups excluding carboxylic acids is 1. The van der Waals surface area contributed by atoms with E-state index < -0.39 is 12.0 Å². The van der Waals surface area contributed by atoms with E-state index in [2.05, 4.69) is 5.32 Å². The third-order valence-electron chi connectivity index (χ3n) is 3.20. The highest BCUT2D eigenvalue weighted by Crippen LogP contribution is 2.17. The standard InChI is InChI=1S/C16H17NO3/c18-15(13-9-5-2-6-10-13)17-14(16(19)20)11-12-7-3-1-4-8-12/h1-3,5-6,8-10,14H,4,7,11H2,(H,17,18)(H,19,20)/t14-/m0/s1. The van der Waals surface area contributed by atoms with E-state index in [0.717, 1.165) is 18.4 Å². The van der Waals surface area contributed by atoms with Crippen LogP contribution in [0.2, 0.25) is 0 Å². The molecule has 1 aromatic rings. The van der Waals surface area contributed by atoms with Crippen LogP contribution in [0, 0.1) is 0 Å². The number of carboxylic acids is 1. The van der Waals surface area contributed by atoms with Gasteiger partial charge in [-0.2, -0.15) is 0 Å². The van der Waals surface area contributed by atoms with E-state index >= 15 is 0 Å². The van der Waals surface area contributed by atoms with E-state index in [-0.39, 0.29) is 5.91 Å². The summed E-state index contributed by atoms with van der Waals surface area (Å²) >= 11 is 0. The molecule has 104 valence electrons. The van der Waals surface area contributed by atoms with Gasteiger partial charge in [0.1, 0.15) is 6.04 Å². The topological polar surface area (TPSA) is 66.4 Å². The molecule has 1 aliphatic rings. The summed E-state index contributed by atoms with van der Waals surface area (Å²) in [5, 5.41) is 11.8. The highest BCUT2D eigenvalue weighted by Gasteiger charge is 2.21. The minimum atomic E-state index is -1.01. The van der Waals surface area contributed by atoms with E-state index in [1.807, 2.05) is 24.3 Å². The first-order chi connectivity index (χ1) is 9.66. The molecule has 20 heavy (non-hydrogen) atoms. The van der Waals surface area contributed by atoms with Gasteiger partial charge in [-0.1, -0.05) is 42.0 Å². The van der Waals surface area contributed by atoms with E-state index in [1.54, 1.807) is 24.3 Å². The van der Waals surface area contributed by atoms with Crippen LogP contribution >= 0.6 is 0 Å². The Balaban J connectivity index is 2.01. The summed E-state index contributed by atoms with van der Waals surface area (Å²) in [6.45, 7) is 0. The van der Waals surface area contributed by atoms with Crippen molar-refractivity contribution in [2.24, 2.45) is 0 Å². The number of carbonyl (C=O) groups is 2. The minimum Gasteiger partial charge on any atom is -0.480 e. The Morgan fingerprint density at radius 1 is 1.20 bits per heavy atom. The fourth-order valence-corrected chi connectivity index (χ4v) is 2.11. The molecule has 1 aliphatic carbocycles. The number of carboxylic acid groups (broad SMARTS) is 1. The lowest BCUT2D eigenvalue weighted by atomic mass is 9.98. The van der Waals surface area contributed by atoms with Gasteiger partial charge < -0.3 is 10.4 Å². The largest absolute Gasteiger partial charge is 0.480 e. The molecule has 0 aromatic heterocycles. The zero-order valence-corrected chi connectivity index (χ0v) is 11.1. The lowest BCUT2D eigenvalue weighted by Gasteiger charge is -2.17. The molecule has 0 fully saturated rings. The Morgan fingerprint density at radius 3 is 2.55 bits per heavy atom. The normalized spacial score (nSPS) is 15.3. The second-order valence-corrected chi connectivity index (χ2v) is 4.71. The fraction of sp³-hybridized carbons (Fsp3) is 0.250. The van der Waals surface area contributed by atoms with Gasteiger partial charge in [-0.25, -0.2) is 4.79 Å². The average molecular weight is 271 g/mol.